The first-order valence-corrected chi connectivity index (χ1v) is 18.0. The van der Waals surface area contributed by atoms with Crippen LogP contribution >= 0.6 is 0 Å². The third-order valence-electron chi connectivity index (χ3n) is 10.5. The van der Waals surface area contributed by atoms with E-state index in [-0.39, 0.29) is 35.5 Å². The van der Waals surface area contributed by atoms with Gasteiger partial charge < -0.3 is 14.4 Å². The minimum absolute atomic E-state index is 0.00189. The number of rotatable bonds is 7. The van der Waals surface area contributed by atoms with Gasteiger partial charge in [-0.1, -0.05) is 139 Å². The highest BCUT2D eigenvalue weighted by Gasteiger charge is 2.26. The summed E-state index contributed by atoms with van der Waals surface area (Å²) in [6.07, 6.45) is 0. The van der Waals surface area contributed by atoms with Gasteiger partial charge in [-0.05, 0) is 83.5 Å². The molecule has 11 rings (SSSR count). The van der Waals surface area contributed by atoms with Crippen LogP contribution in [0.5, 0.6) is 0 Å². The van der Waals surface area contributed by atoms with Crippen LogP contribution in [0.1, 0.15) is 13.7 Å². The van der Waals surface area contributed by atoms with E-state index in [2.05, 4.69) is 4.57 Å². The van der Waals surface area contributed by atoms with Gasteiger partial charge in [0.1, 0.15) is 0 Å². The normalized spacial score (nSPS) is 14.2. The van der Waals surface area contributed by atoms with Gasteiger partial charge in [0.2, 0.25) is 0 Å². The first-order chi connectivity index (χ1) is 31.5. The van der Waals surface area contributed by atoms with Crippen molar-refractivity contribution in [2.24, 2.45) is 0 Å². The van der Waals surface area contributed by atoms with Crippen LogP contribution < -0.4 is 9.80 Å². The zero-order valence-corrected chi connectivity index (χ0v) is 29.3. The molecule has 3 nitrogen and oxygen atoms in total. The molecule has 1 aromatic heterocycles. The Kier molecular flexibility index (Phi) is 5.21. The second-order valence-electron chi connectivity index (χ2n) is 13.4. The first kappa shape index (κ1) is 22.7. The Hall–Kier alpha value is -7.36. The van der Waals surface area contributed by atoms with Crippen molar-refractivity contribution < 1.29 is 13.7 Å². The molecule has 0 aliphatic rings. The van der Waals surface area contributed by atoms with Gasteiger partial charge in [0.05, 0.1) is 47.5 Å². The third kappa shape index (κ3) is 4.91. The SMILES string of the molecule is [2H]c1c([2H])c([2H])c(N(c2cccc3ccccc23)c2ccc3c4c2ccc2c(N(c5c([2H])c([2H])c([2H])c([2H])c5[2H])c5cccc6ccccc56)ccc(c24)n3-c2ccccc2)c([2H])c1[2H]. The molecule has 0 saturated carbocycles. The van der Waals surface area contributed by atoms with E-state index in [9.17, 15) is 5.48 Å². The summed E-state index contributed by atoms with van der Waals surface area (Å²) in [5.74, 6) is 0. The van der Waals surface area contributed by atoms with E-state index >= 15 is 0 Å². The van der Waals surface area contributed by atoms with Crippen molar-refractivity contribution in [3.63, 3.8) is 0 Å². The summed E-state index contributed by atoms with van der Waals surface area (Å²) in [7, 11) is 0. The number of hydrogen-bond donors (Lipinski definition) is 0. The molecule has 0 amide bonds. The van der Waals surface area contributed by atoms with Gasteiger partial charge in [0.25, 0.3) is 0 Å². The molecule has 258 valence electrons. The molecule has 0 spiro atoms. The summed E-state index contributed by atoms with van der Waals surface area (Å²) in [5.41, 5.74) is 4.94. The van der Waals surface area contributed by atoms with Crippen LogP contribution in [0.25, 0.3) is 59.8 Å². The van der Waals surface area contributed by atoms with Crippen molar-refractivity contribution in [1.82, 2.24) is 4.57 Å². The maximum Gasteiger partial charge on any atom is 0.0645 e. The van der Waals surface area contributed by atoms with Gasteiger partial charge in [0, 0.05) is 49.4 Å². The summed E-state index contributed by atoms with van der Waals surface area (Å²) in [6.45, 7) is 0. The van der Waals surface area contributed by atoms with E-state index in [4.69, 9.17) is 8.22 Å². The third-order valence-corrected chi connectivity index (χ3v) is 10.5. The summed E-state index contributed by atoms with van der Waals surface area (Å²) in [5, 5.41) is 6.52. The van der Waals surface area contributed by atoms with Crippen LogP contribution in [0.2, 0.25) is 0 Å². The van der Waals surface area contributed by atoms with Gasteiger partial charge in [-0.15, -0.1) is 0 Å². The van der Waals surface area contributed by atoms with Crippen molar-refractivity contribution >= 4 is 88.2 Å². The van der Waals surface area contributed by atoms with Gasteiger partial charge in [-0.2, -0.15) is 0 Å². The summed E-state index contributed by atoms with van der Waals surface area (Å²) >= 11 is 0. The van der Waals surface area contributed by atoms with E-state index in [1.165, 1.54) is 0 Å². The summed E-state index contributed by atoms with van der Waals surface area (Å²) in [4.78, 5) is 3.55. The van der Waals surface area contributed by atoms with Crippen molar-refractivity contribution in [3.05, 3.63) is 212 Å². The van der Waals surface area contributed by atoms with E-state index in [0.29, 0.717) is 22.7 Å². The average molecular weight is 712 g/mol. The second-order valence-corrected chi connectivity index (χ2v) is 13.4. The zero-order valence-electron chi connectivity index (χ0n) is 39.3. The molecule has 1 heterocycles. The molecule has 0 aliphatic carbocycles. The monoisotopic (exact) mass is 711 g/mol. The molecular formula is C52H35N3. The van der Waals surface area contributed by atoms with Crippen molar-refractivity contribution in [2.45, 2.75) is 0 Å². The topological polar surface area (TPSA) is 11.4 Å². The van der Waals surface area contributed by atoms with Crippen molar-refractivity contribution in [2.75, 3.05) is 9.80 Å². The maximum absolute atomic E-state index is 9.29. The molecule has 0 aliphatic heterocycles. The molecule has 0 radical (unpaired) electrons. The lowest BCUT2D eigenvalue weighted by Crippen LogP contribution is -2.11. The van der Waals surface area contributed by atoms with Gasteiger partial charge in [-0.25, -0.2) is 0 Å². The van der Waals surface area contributed by atoms with Gasteiger partial charge >= 0.3 is 0 Å². The minimum atomic E-state index is -0.490. The molecule has 11 aromatic rings. The smallest absolute Gasteiger partial charge is 0.0645 e. The molecule has 0 N–H and O–H groups in total. The highest BCUT2D eigenvalue weighted by Crippen LogP contribution is 2.50. The lowest BCUT2D eigenvalue weighted by atomic mass is 9.97. The van der Waals surface area contributed by atoms with E-state index in [1.54, 1.807) is 9.80 Å². The predicted molar refractivity (Wildman–Crippen MR) is 234 cm³/mol. The zero-order chi connectivity index (χ0) is 45.0. The Morgan fingerprint density at radius 2 is 0.764 bits per heavy atom. The summed E-state index contributed by atoms with van der Waals surface area (Å²) in [6, 6.07) is 44.6. The molecule has 10 aromatic carbocycles. The summed E-state index contributed by atoms with van der Waals surface area (Å²) < 4.78 is 91.4. The molecule has 0 bridgehead atoms. The predicted octanol–water partition coefficient (Wildman–Crippen LogP) is 14.6. The fourth-order valence-electron chi connectivity index (χ4n) is 8.23. The number of nitrogens with zero attached hydrogens (tertiary/aromatic N) is 3. The standard InChI is InChI=1S/C52H35N3/c1-4-20-38(21-5-1)53(45-28-14-18-36-16-10-12-26-41(36)45)47-32-34-49-51-43(47)30-31-44-48(33-35-50(52(44)51)55(49)40-24-8-3-9-25-40)54(39-22-6-2-7-23-39)46-29-15-19-37-17-11-13-27-42(37)46/h1-35H/i1D,2D,4D,5D,6D,7D,20D,21D,22D,23D. The number of benzene rings is 10. The lowest BCUT2D eigenvalue weighted by Gasteiger charge is -2.29. The van der Waals surface area contributed by atoms with Crippen molar-refractivity contribution in [1.29, 1.82) is 0 Å². The number of aromatic nitrogens is 1. The number of hydrogen-bond acceptors (Lipinski definition) is 2. The largest absolute Gasteiger partial charge is 0.309 e. The second kappa shape index (κ2) is 12.6. The first-order valence-electron chi connectivity index (χ1n) is 23.0. The quantitative estimate of drug-likeness (QED) is 0.153. The molecule has 3 heteroatoms. The Balaban J connectivity index is 1.29. The fraction of sp³-hybridized carbons (Fsp3) is 0. The van der Waals surface area contributed by atoms with E-state index in [0.717, 1.165) is 59.8 Å². The number of anilines is 6. The molecule has 0 fully saturated rings. The highest BCUT2D eigenvalue weighted by atomic mass is 15.2. The van der Waals surface area contributed by atoms with E-state index in [1.807, 2.05) is 152 Å². The van der Waals surface area contributed by atoms with Crippen LogP contribution in [-0.2, 0) is 0 Å². The Bertz CT molecular complexity index is 3460. The Morgan fingerprint density at radius 1 is 0.345 bits per heavy atom. The van der Waals surface area contributed by atoms with Crippen LogP contribution in [0, 0.1) is 0 Å². The minimum Gasteiger partial charge on any atom is -0.309 e. The van der Waals surface area contributed by atoms with E-state index < -0.39 is 36.3 Å². The van der Waals surface area contributed by atoms with Gasteiger partial charge in [0.15, 0.2) is 0 Å². The van der Waals surface area contributed by atoms with Gasteiger partial charge in [-0.3, -0.25) is 0 Å². The van der Waals surface area contributed by atoms with Crippen LogP contribution in [-0.4, -0.2) is 4.57 Å². The Morgan fingerprint density at radius 3 is 1.25 bits per heavy atom. The molecule has 0 saturated heterocycles. The van der Waals surface area contributed by atoms with Crippen LogP contribution in [0.3, 0.4) is 0 Å². The highest BCUT2D eigenvalue weighted by molar-refractivity contribution is 6.29. The van der Waals surface area contributed by atoms with Crippen LogP contribution in [0.4, 0.5) is 34.1 Å². The molecule has 0 unspecified atom stereocenters. The van der Waals surface area contributed by atoms with Crippen molar-refractivity contribution in [3.8, 4) is 5.69 Å². The number of para-hydroxylation sites is 3. The molecular weight excluding hydrogens is 667 g/mol. The molecule has 0 atom stereocenters. The molecule has 55 heavy (non-hydrogen) atoms. The maximum atomic E-state index is 9.29. The average Bonchev–Trinajstić information content (AvgIpc) is 3.69. The van der Waals surface area contributed by atoms with Crippen LogP contribution in [0.15, 0.2) is 212 Å². The lowest BCUT2D eigenvalue weighted by molar-refractivity contribution is 1.18. The number of fused-ring (bicyclic) bond motifs is 2. The Labute approximate surface area is 333 Å². The fourth-order valence-corrected chi connectivity index (χ4v) is 8.23.